The molecule has 0 heterocycles. The lowest BCUT2D eigenvalue weighted by Crippen LogP contribution is -2.39. The van der Waals surface area contributed by atoms with Crippen LogP contribution in [0.25, 0.3) is 0 Å². The number of rotatable bonds is 8. The molecule has 0 aliphatic rings. The van der Waals surface area contributed by atoms with Crippen molar-refractivity contribution in [2.75, 3.05) is 0 Å². The first-order chi connectivity index (χ1) is 12.0. The van der Waals surface area contributed by atoms with E-state index in [-0.39, 0.29) is 5.78 Å². The van der Waals surface area contributed by atoms with Crippen LogP contribution < -0.4 is 0 Å². The van der Waals surface area contributed by atoms with Crippen LogP contribution in [0.4, 0.5) is 0 Å². The van der Waals surface area contributed by atoms with E-state index >= 15 is 0 Å². The Morgan fingerprint density at radius 1 is 0.800 bits per heavy atom. The summed E-state index contributed by atoms with van der Waals surface area (Å²) in [6.07, 6.45) is 1.17. The van der Waals surface area contributed by atoms with Crippen molar-refractivity contribution in [3.05, 3.63) is 71.8 Å². The summed E-state index contributed by atoms with van der Waals surface area (Å²) < 4.78 is 2.38. The highest BCUT2D eigenvalue weighted by molar-refractivity contribution is 6.69. The lowest BCUT2D eigenvalue weighted by atomic mass is 10.0. The number of benzene rings is 2. The van der Waals surface area contributed by atoms with Crippen LogP contribution in [-0.4, -0.2) is 33.8 Å². The minimum atomic E-state index is -1.01. The molecule has 0 bridgehead atoms. The molecule has 5 heteroatoms. The van der Waals surface area contributed by atoms with Gasteiger partial charge in [-0.15, -0.1) is 0 Å². The zero-order valence-corrected chi connectivity index (χ0v) is 18.0. The molecule has 0 amide bonds. The molecule has 0 unspecified atom stereocenters. The van der Waals surface area contributed by atoms with Gasteiger partial charge < -0.3 is 4.34 Å². The molecule has 0 aliphatic carbocycles. The Labute approximate surface area is 154 Å². The monoisotopic (exact) mass is 368 g/mol. The van der Waals surface area contributed by atoms with Crippen molar-refractivity contribution in [2.45, 2.75) is 39.0 Å². The quantitative estimate of drug-likeness (QED) is 0.301. The molecule has 2 rings (SSSR count). The third-order valence-electron chi connectivity index (χ3n) is 4.09. The normalized spacial score (nSPS) is 11.8. The van der Waals surface area contributed by atoms with Gasteiger partial charge in [-0.2, -0.15) is 5.10 Å². The summed E-state index contributed by atoms with van der Waals surface area (Å²) in [6, 6.07) is 19.8. The first-order valence-electron chi connectivity index (χ1n) is 8.98. The van der Waals surface area contributed by atoms with Crippen LogP contribution in [0.15, 0.2) is 65.8 Å². The fraction of sp³-hybridized carbons (Fsp3) is 0.300. The molecule has 0 saturated heterocycles. The first-order valence-corrected chi connectivity index (χ1v) is 14.6. The van der Waals surface area contributed by atoms with Crippen molar-refractivity contribution in [3.8, 4) is 0 Å². The Bertz CT molecular complexity index is 692. The summed E-state index contributed by atoms with van der Waals surface area (Å²) in [7, 11) is -2.02. The van der Waals surface area contributed by atoms with Crippen LogP contribution in [0.1, 0.15) is 28.8 Å². The predicted molar refractivity (Wildman–Crippen MR) is 113 cm³/mol. The van der Waals surface area contributed by atoms with Crippen LogP contribution in [0.2, 0.25) is 26.2 Å². The number of hydrazone groups is 1. The number of Topliss-reactive ketones (excluding diaryl/α,β-unsaturated/α-hetero) is 1. The van der Waals surface area contributed by atoms with E-state index in [1.807, 2.05) is 48.5 Å². The predicted octanol–water partition coefficient (Wildman–Crippen LogP) is 4.32. The van der Waals surface area contributed by atoms with Gasteiger partial charge in [0, 0.05) is 12.0 Å². The highest BCUT2D eigenvalue weighted by atomic mass is 28.3. The van der Waals surface area contributed by atoms with Crippen molar-refractivity contribution < 1.29 is 4.79 Å². The van der Waals surface area contributed by atoms with Crippen molar-refractivity contribution >= 4 is 29.4 Å². The first kappa shape index (κ1) is 19.3. The maximum absolute atomic E-state index is 12.5. The van der Waals surface area contributed by atoms with Crippen LogP contribution in [0, 0.1) is 0 Å². The molecule has 0 saturated carbocycles. The van der Waals surface area contributed by atoms with Gasteiger partial charge in [-0.1, -0.05) is 86.9 Å². The average Bonchev–Trinajstić information content (AvgIpc) is 2.62. The molecule has 0 fully saturated rings. The Morgan fingerprint density at radius 2 is 1.28 bits per heavy atom. The smallest absolute Gasteiger partial charge is 0.163 e. The third kappa shape index (κ3) is 5.79. The lowest BCUT2D eigenvalue weighted by molar-refractivity contribution is 0.0985. The van der Waals surface area contributed by atoms with Crippen LogP contribution >= 0.6 is 0 Å². The fourth-order valence-electron chi connectivity index (χ4n) is 2.85. The second-order valence-corrected chi connectivity index (χ2v) is 12.8. The minimum Gasteiger partial charge on any atom is -0.355 e. The van der Waals surface area contributed by atoms with E-state index in [1.54, 1.807) is 0 Å². The second kappa shape index (κ2) is 9.48. The Kier molecular flexibility index (Phi) is 7.34. The minimum absolute atomic E-state index is 0.180. The lowest BCUT2D eigenvalue weighted by Gasteiger charge is -2.28. The summed E-state index contributed by atoms with van der Waals surface area (Å²) in [6.45, 7) is 9.25. The molecule has 25 heavy (non-hydrogen) atoms. The molecule has 3 nitrogen and oxygen atoms in total. The van der Waals surface area contributed by atoms with E-state index in [2.05, 4.69) is 42.7 Å². The standard InChI is InChI=1S/C20H28N2OSi2/c1-24(2)22(25(3)4)21-19(17-11-7-5-8-12-17)15-16-20(23)18-13-9-6-10-14-18/h5-14,24-25H,15-16H2,1-4H3. The summed E-state index contributed by atoms with van der Waals surface area (Å²) in [5.74, 6) is 0.180. The van der Waals surface area contributed by atoms with Gasteiger partial charge in [0.25, 0.3) is 0 Å². The van der Waals surface area contributed by atoms with Crippen LogP contribution in [0.5, 0.6) is 0 Å². The molecule has 0 atom stereocenters. The van der Waals surface area contributed by atoms with E-state index < -0.39 is 17.9 Å². The summed E-state index contributed by atoms with van der Waals surface area (Å²) in [5, 5.41) is 5.03. The number of nitrogens with zero attached hydrogens (tertiary/aromatic N) is 2. The molecule has 0 spiro atoms. The summed E-state index contributed by atoms with van der Waals surface area (Å²) in [4.78, 5) is 12.5. The SMILES string of the molecule is C[SiH](C)N(N=C(CCC(=O)c1ccccc1)c1ccccc1)[SiH](C)C. The van der Waals surface area contributed by atoms with Gasteiger partial charge in [0.1, 0.15) is 17.9 Å². The van der Waals surface area contributed by atoms with E-state index in [0.29, 0.717) is 12.8 Å². The van der Waals surface area contributed by atoms with Crippen LogP contribution in [0.3, 0.4) is 0 Å². The summed E-state index contributed by atoms with van der Waals surface area (Å²) in [5.41, 5.74) is 2.94. The van der Waals surface area contributed by atoms with E-state index in [9.17, 15) is 4.79 Å². The molecule has 2 aromatic carbocycles. The molecular weight excluding hydrogens is 340 g/mol. The van der Waals surface area contributed by atoms with Crippen molar-refractivity contribution in [1.82, 2.24) is 4.34 Å². The fourth-order valence-corrected chi connectivity index (χ4v) is 8.36. The zero-order valence-electron chi connectivity index (χ0n) is 15.6. The summed E-state index contributed by atoms with van der Waals surface area (Å²) >= 11 is 0. The number of hydrogen-bond donors (Lipinski definition) is 0. The number of hydrogen-bond acceptors (Lipinski definition) is 3. The number of carbonyl (C=O) groups is 1. The molecule has 0 N–H and O–H groups in total. The van der Waals surface area contributed by atoms with Crippen molar-refractivity contribution in [3.63, 3.8) is 0 Å². The molecular formula is C20H28N2OSi2. The number of ketones is 1. The van der Waals surface area contributed by atoms with Gasteiger partial charge in [0.15, 0.2) is 5.78 Å². The highest BCUT2D eigenvalue weighted by Crippen LogP contribution is 2.13. The largest absolute Gasteiger partial charge is 0.355 e. The highest BCUT2D eigenvalue weighted by Gasteiger charge is 2.16. The van der Waals surface area contributed by atoms with E-state index in [4.69, 9.17) is 5.10 Å². The molecule has 132 valence electrons. The van der Waals surface area contributed by atoms with E-state index in [0.717, 1.165) is 16.8 Å². The second-order valence-electron chi connectivity index (χ2n) is 6.77. The van der Waals surface area contributed by atoms with Gasteiger partial charge in [-0.25, -0.2) is 0 Å². The number of carbonyl (C=O) groups excluding carboxylic acids is 1. The maximum atomic E-state index is 12.5. The van der Waals surface area contributed by atoms with Crippen LogP contribution in [-0.2, 0) is 0 Å². The van der Waals surface area contributed by atoms with Gasteiger partial charge in [0.2, 0.25) is 0 Å². The van der Waals surface area contributed by atoms with Crippen molar-refractivity contribution in [2.24, 2.45) is 5.10 Å². The molecule has 2 aromatic rings. The topological polar surface area (TPSA) is 32.7 Å². The maximum Gasteiger partial charge on any atom is 0.163 e. The molecule has 0 radical (unpaired) electrons. The Hall–Kier alpha value is -1.99. The van der Waals surface area contributed by atoms with Crippen molar-refractivity contribution in [1.29, 1.82) is 0 Å². The Morgan fingerprint density at radius 3 is 1.76 bits per heavy atom. The van der Waals surface area contributed by atoms with Gasteiger partial charge >= 0.3 is 0 Å². The van der Waals surface area contributed by atoms with Gasteiger partial charge in [-0.05, 0) is 12.0 Å². The average molecular weight is 369 g/mol. The Balaban J connectivity index is 2.22. The van der Waals surface area contributed by atoms with Gasteiger partial charge in [0.05, 0.1) is 5.71 Å². The van der Waals surface area contributed by atoms with Gasteiger partial charge in [-0.3, -0.25) is 4.79 Å². The molecule has 0 aliphatic heterocycles. The zero-order chi connectivity index (χ0) is 18.2. The molecule has 0 aromatic heterocycles. The van der Waals surface area contributed by atoms with E-state index in [1.165, 1.54) is 0 Å². The third-order valence-corrected chi connectivity index (χ3v) is 10.0.